The Kier molecular flexibility index (Phi) is 4.09. The molecule has 25 heavy (non-hydrogen) atoms. The summed E-state index contributed by atoms with van der Waals surface area (Å²) >= 11 is 0. The van der Waals surface area contributed by atoms with Gasteiger partial charge in [-0.15, -0.1) is 0 Å². The fraction of sp³-hybridized carbons (Fsp3) is 0.176. The monoisotopic (exact) mass is 358 g/mol. The second kappa shape index (κ2) is 5.98. The molecule has 3 rings (SSSR count). The lowest BCUT2D eigenvalue weighted by molar-refractivity contribution is 0.482. The quantitative estimate of drug-likeness (QED) is 0.539. The number of rotatable bonds is 2. The van der Waals surface area contributed by atoms with Crippen LogP contribution < -0.4 is 11.3 Å². The summed E-state index contributed by atoms with van der Waals surface area (Å²) in [5, 5.41) is 0. The summed E-state index contributed by atoms with van der Waals surface area (Å²) in [6, 6.07) is 8.77. The molecule has 0 fully saturated rings. The molecule has 2 aromatic heterocycles. The van der Waals surface area contributed by atoms with Crippen LogP contribution in [0.4, 0.5) is 5.69 Å². The number of benzene rings is 1. The van der Waals surface area contributed by atoms with Crippen molar-refractivity contribution in [1.82, 2.24) is 9.66 Å². The lowest BCUT2D eigenvalue weighted by Gasteiger charge is -2.13. The van der Waals surface area contributed by atoms with Crippen molar-refractivity contribution < 1.29 is 13.0 Å². The summed E-state index contributed by atoms with van der Waals surface area (Å²) in [6.07, 6.45) is 1.67. The number of nitrogen functional groups attached to an aromatic ring is 1. The second-order valence-electron chi connectivity index (χ2n) is 5.87. The zero-order valence-electron chi connectivity index (χ0n) is 14.1. The molecule has 3 N–H and O–H groups in total. The second-order valence-corrected chi connectivity index (χ2v) is 7.23. The zero-order valence-corrected chi connectivity index (χ0v) is 14.9. The Morgan fingerprint density at radius 2 is 1.88 bits per heavy atom. The number of hydrogen-bond donors (Lipinski definition) is 2. The molecular formula is C17H18N4O3S. The van der Waals surface area contributed by atoms with E-state index in [1.54, 1.807) is 44.3 Å². The zero-order chi connectivity index (χ0) is 18.4. The maximum Gasteiger partial charge on any atom is 0.295 e. The third-order valence-corrected chi connectivity index (χ3v) is 5.20. The average molecular weight is 358 g/mol. The van der Waals surface area contributed by atoms with E-state index in [0.29, 0.717) is 27.8 Å². The van der Waals surface area contributed by atoms with E-state index in [1.807, 2.05) is 13.0 Å². The Labute approximate surface area is 145 Å². The van der Waals surface area contributed by atoms with Crippen LogP contribution in [0.3, 0.4) is 0 Å². The molecule has 0 aliphatic heterocycles. The number of pyridine rings is 2. The maximum atomic E-state index is 11.7. The van der Waals surface area contributed by atoms with E-state index in [1.165, 1.54) is 4.68 Å². The predicted molar refractivity (Wildman–Crippen MR) is 95.6 cm³/mol. The smallest absolute Gasteiger partial charge is 0.295 e. The Morgan fingerprint density at radius 3 is 2.56 bits per heavy atom. The van der Waals surface area contributed by atoms with Crippen molar-refractivity contribution in [3.63, 3.8) is 0 Å². The standard InChI is InChI=1S/C17H18N4O3S/c1-10-9-11(2)17(25(22,23)24)12(3)16(10)20-15-7-6-13-14(21(15)18)5-4-8-19-13/h4-9H,18H2,1-3H3,(H,22,23,24)/b20-15+. The van der Waals surface area contributed by atoms with E-state index >= 15 is 0 Å². The third kappa shape index (κ3) is 3.01. The van der Waals surface area contributed by atoms with Crippen LogP contribution >= 0.6 is 0 Å². The molecular weight excluding hydrogens is 340 g/mol. The molecule has 0 spiro atoms. The molecule has 0 radical (unpaired) electrons. The number of nitrogens with two attached hydrogens (primary N) is 1. The first-order chi connectivity index (χ1) is 11.7. The highest BCUT2D eigenvalue weighted by atomic mass is 32.2. The molecule has 0 unspecified atom stereocenters. The Hall–Kier alpha value is -2.71. The van der Waals surface area contributed by atoms with Crippen LogP contribution in [-0.4, -0.2) is 22.6 Å². The molecule has 0 saturated heterocycles. The van der Waals surface area contributed by atoms with Gasteiger partial charge in [-0.05, 0) is 61.7 Å². The van der Waals surface area contributed by atoms with Crippen molar-refractivity contribution in [2.75, 3.05) is 5.84 Å². The maximum absolute atomic E-state index is 11.7. The topological polar surface area (TPSA) is 111 Å². The van der Waals surface area contributed by atoms with Crippen LogP contribution in [0.5, 0.6) is 0 Å². The molecule has 7 nitrogen and oxygen atoms in total. The van der Waals surface area contributed by atoms with E-state index in [-0.39, 0.29) is 4.90 Å². The summed E-state index contributed by atoms with van der Waals surface area (Å²) in [5.41, 5.74) is 3.96. The van der Waals surface area contributed by atoms with Gasteiger partial charge in [-0.1, -0.05) is 6.07 Å². The van der Waals surface area contributed by atoms with E-state index < -0.39 is 10.1 Å². The van der Waals surface area contributed by atoms with Crippen molar-refractivity contribution in [3.8, 4) is 0 Å². The fourth-order valence-corrected chi connectivity index (χ4v) is 3.98. The van der Waals surface area contributed by atoms with Crippen molar-refractivity contribution >= 4 is 26.8 Å². The van der Waals surface area contributed by atoms with Gasteiger partial charge in [-0.2, -0.15) is 8.42 Å². The van der Waals surface area contributed by atoms with Crippen molar-refractivity contribution in [2.45, 2.75) is 25.7 Å². The molecule has 0 atom stereocenters. The number of nitrogens with zero attached hydrogens (tertiary/aromatic N) is 3. The molecule has 0 aliphatic rings. The normalized spacial score (nSPS) is 12.7. The Morgan fingerprint density at radius 1 is 1.16 bits per heavy atom. The minimum absolute atomic E-state index is 0.122. The fourth-order valence-electron chi connectivity index (χ4n) is 3.03. The van der Waals surface area contributed by atoms with E-state index in [2.05, 4.69) is 9.98 Å². The van der Waals surface area contributed by atoms with Crippen LogP contribution in [0.1, 0.15) is 16.7 Å². The van der Waals surface area contributed by atoms with Gasteiger partial charge >= 0.3 is 0 Å². The van der Waals surface area contributed by atoms with E-state index in [4.69, 9.17) is 5.84 Å². The molecule has 3 aromatic rings. The Bertz CT molecular complexity index is 1160. The van der Waals surface area contributed by atoms with Gasteiger partial charge in [0.15, 0.2) is 5.49 Å². The third-order valence-electron chi connectivity index (χ3n) is 4.06. The lowest BCUT2D eigenvalue weighted by Crippen LogP contribution is -2.27. The van der Waals surface area contributed by atoms with Crippen molar-refractivity contribution in [3.05, 3.63) is 58.7 Å². The molecule has 130 valence electrons. The molecule has 0 saturated carbocycles. The molecule has 0 aliphatic carbocycles. The molecule has 8 heteroatoms. The number of aromatic nitrogens is 2. The van der Waals surface area contributed by atoms with Gasteiger partial charge in [-0.3, -0.25) is 9.54 Å². The van der Waals surface area contributed by atoms with Crippen molar-refractivity contribution in [2.24, 2.45) is 4.99 Å². The van der Waals surface area contributed by atoms with Gasteiger partial charge in [0.1, 0.15) is 4.90 Å². The number of hydrogen-bond acceptors (Lipinski definition) is 5. The summed E-state index contributed by atoms with van der Waals surface area (Å²) in [6.45, 7) is 5.08. The molecule has 2 heterocycles. The van der Waals surface area contributed by atoms with Gasteiger partial charge in [-0.25, -0.2) is 9.67 Å². The van der Waals surface area contributed by atoms with Crippen LogP contribution in [0.2, 0.25) is 0 Å². The lowest BCUT2D eigenvalue weighted by atomic mass is 10.1. The highest BCUT2D eigenvalue weighted by molar-refractivity contribution is 7.86. The summed E-state index contributed by atoms with van der Waals surface area (Å²) in [4.78, 5) is 8.65. The largest absolute Gasteiger partial charge is 0.337 e. The molecule has 1 aromatic carbocycles. The van der Waals surface area contributed by atoms with E-state index in [9.17, 15) is 13.0 Å². The van der Waals surface area contributed by atoms with Gasteiger partial charge < -0.3 is 5.84 Å². The predicted octanol–water partition coefficient (Wildman–Crippen LogP) is 2.15. The Balaban J connectivity index is 2.35. The summed E-state index contributed by atoms with van der Waals surface area (Å²) in [5.74, 6) is 6.14. The first-order valence-corrected chi connectivity index (χ1v) is 8.99. The minimum Gasteiger partial charge on any atom is -0.337 e. The van der Waals surface area contributed by atoms with Crippen LogP contribution in [0.25, 0.3) is 11.0 Å². The van der Waals surface area contributed by atoms with Gasteiger partial charge in [0.2, 0.25) is 0 Å². The SMILES string of the molecule is Cc1cc(C)c(S(=O)(=O)O)c(C)c1/N=c1\ccc2ncccc2n1N. The highest BCUT2D eigenvalue weighted by Crippen LogP contribution is 2.31. The minimum atomic E-state index is -4.35. The van der Waals surface area contributed by atoms with Crippen LogP contribution in [0, 0.1) is 20.8 Å². The summed E-state index contributed by atoms with van der Waals surface area (Å²) < 4.78 is 34.3. The highest BCUT2D eigenvalue weighted by Gasteiger charge is 2.20. The van der Waals surface area contributed by atoms with Gasteiger partial charge in [0.05, 0.1) is 16.7 Å². The van der Waals surface area contributed by atoms with E-state index in [0.717, 1.165) is 11.1 Å². The number of fused-ring (bicyclic) bond motifs is 1. The first kappa shape index (κ1) is 17.1. The van der Waals surface area contributed by atoms with Gasteiger partial charge in [0, 0.05) is 6.20 Å². The molecule has 0 bridgehead atoms. The van der Waals surface area contributed by atoms with Crippen LogP contribution in [-0.2, 0) is 10.1 Å². The van der Waals surface area contributed by atoms with Crippen LogP contribution in [0.15, 0.2) is 46.4 Å². The van der Waals surface area contributed by atoms with Gasteiger partial charge in [0.25, 0.3) is 10.1 Å². The summed E-state index contributed by atoms with van der Waals surface area (Å²) in [7, 11) is -4.35. The van der Waals surface area contributed by atoms with Crippen molar-refractivity contribution in [1.29, 1.82) is 0 Å². The molecule has 0 amide bonds. The number of aryl methyl sites for hydroxylation is 2. The first-order valence-electron chi connectivity index (χ1n) is 7.55. The average Bonchev–Trinajstić information content (AvgIpc) is 2.52.